The van der Waals surface area contributed by atoms with Crippen LogP contribution in [0.2, 0.25) is 0 Å². The molecule has 5 aromatic rings. The van der Waals surface area contributed by atoms with E-state index in [2.05, 4.69) is 94.9 Å². The third kappa shape index (κ3) is 15.3. The Labute approximate surface area is 343 Å². The summed E-state index contributed by atoms with van der Waals surface area (Å²) in [5.41, 5.74) is 8.39. The smallest absolute Gasteiger partial charge is 0.122 e. The van der Waals surface area contributed by atoms with E-state index in [1.54, 1.807) is 0 Å². The zero-order chi connectivity index (χ0) is 39.7. The molecule has 0 fully saturated rings. The van der Waals surface area contributed by atoms with Crippen LogP contribution in [0.1, 0.15) is 163 Å². The summed E-state index contributed by atoms with van der Waals surface area (Å²) in [6, 6.07) is 38.0. The summed E-state index contributed by atoms with van der Waals surface area (Å²) in [6.45, 7) is 25.2. The van der Waals surface area contributed by atoms with Crippen LogP contribution in [-0.4, -0.2) is 15.3 Å². The van der Waals surface area contributed by atoms with Crippen LogP contribution in [0.4, 0.5) is 0 Å². The zero-order valence-electron chi connectivity index (χ0n) is 34.7. The van der Waals surface area contributed by atoms with Crippen molar-refractivity contribution in [2.75, 3.05) is 0 Å². The molecule has 3 N–H and O–H groups in total. The minimum absolute atomic E-state index is 0. The van der Waals surface area contributed by atoms with E-state index in [0.29, 0.717) is 52.8 Å². The molecule has 0 spiro atoms. The molecule has 0 saturated carbocycles. The van der Waals surface area contributed by atoms with Gasteiger partial charge in [-0.15, -0.1) is 0 Å². The van der Waals surface area contributed by atoms with Gasteiger partial charge in [-0.05, 0) is 93.2 Å². The molecule has 1 radical (unpaired) electrons. The molecule has 0 atom stereocenters. The Hall–Kier alpha value is -4.20. The van der Waals surface area contributed by atoms with Crippen LogP contribution < -0.4 is 0 Å². The monoisotopic (exact) mass is 893 g/mol. The van der Waals surface area contributed by atoms with Crippen LogP contribution in [0.25, 0.3) is 0 Å². The number of benzene rings is 5. The van der Waals surface area contributed by atoms with Gasteiger partial charge in [0.25, 0.3) is 0 Å². The third-order valence-corrected chi connectivity index (χ3v) is 8.93. The second-order valence-corrected chi connectivity index (χ2v) is 15.3. The van der Waals surface area contributed by atoms with Crippen LogP contribution in [0, 0.1) is 11.8 Å². The predicted molar refractivity (Wildman–Crippen MR) is 228 cm³/mol. The van der Waals surface area contributed by atoms with Gasteiger partial charge in [-0.1, -0.05) is 186 Å². The van der Waals surface area contributed by atoms with Gasteiger partial charge in [0.15, 0.2) is 0 Å². The van der Waals surface area contributed by atoms with Crippen molar-refractivity contribution in [1.82, 2.24) is 0 Å². The summed E-state index contributed by atoms with van der Waals surface area (Å²) in [4.78, 5) is 0. The van der Waals surface area contributed by atoms with Crippen molar-refractivity contribution in [2.24, 2.45) is 0 Å². The average Bonchev–Trinajstić information content (AvgIpc) is 3.12. The molecule has 0 amide bonds. The summed E-state index contributed by atoms with van der Waals surface area (Å²) in [5, 5.41) is 29.8. The molecule has 3 nitrogen and oxygen atoms in total. The van der Waals surface area contributed by atoms with E-state index in [0.717, 1.165) is 44.5 Å². The number of rotatable bonds is 6. The topological polar surface area (TPSA) is 60.7 Å². The molecule has 0 unspecified atom stereocenters. The molecule has 5 aromatic carbocycles. The summed E-state index contributed by atoms with van der Waals surface area (Å²) in [6.07, 6.45) is 0. The number of phenolic OH excluding ortho intramolecular Hbond substituents is 3. The normalized spacial score (nSPS) is 10.4. The van der Waals surface area contributed by atoms with E-state index in [1.165, 1.54) is 0 Å². The predicted octanol–water partition coefficient (Wildman–Crippen LogP) is 14.0. The van der Waals surface area contributed by atoms with Crippen molar-refractivity contribution in [1.29, 1.82) is 0 Å². The number of hydrogen-bond acceptors (Lipinski definition) is 3. The first-order valence-corrected chi connectivity index (χ1v) is 19.1. The van der Waals surface area contributed by atoms with E-state index in [1.807, 2.05) is 115 Å². The average molecular weight is 894 g/mol. The maximum Gasteiger partial charge on any atom is 0.122 e. The standard InChI is InChI=1S/C14H10.3C12H18O.Ta/c1-3-7-13(8-4-1)11-12-14-9-5-2-6-10-14;3*1-8(2)10-6-5-7-11(9(3)4)12(10)13;/h1-10H;3*5-9,13H,1-4H3;. The first kappa shape index (κ1) is 47.8. The first-order valence-electron chi connectivity index (χ1n) is 19.1. The summed E-state index contributed by atoms with van der Waals surface area (Å²) in [5.74, 6) is 9.99. The van der Waals surface area contributed by atoms with Crippen molar-refractivity contribution in [3.63, 3.8) is 0 Å². The van der Waals surface area contributed by atoms with Crippen molar-refractivity contribution in [3.05, 3.63) is 160 Å². The Morgan fingerprint density at radius 1 is 0.296 bits per heavy atom. The van der Waals surface area contributed by atoms with Crippen molar-refractivity contribution in [2.45, 2.75) is 119 Å². The fourth-order valence-corrected chi connectivity index (χ4v) is 5.72. The minimum Gasteiger partial charge on any atom is -0.507 e. The van der Waals surface area contributed by atoms with Gasteiger partial charge in [-0.2, -0.15) is 0 Å². The number of aromatic hydroxyl groups is 3. The molecule has 0 aliphatic heterocycles. The fourth-order valence-electron chi connectivity index (χ4n) is 5.72. The van der Waals surface area contributed by atoms with E-state index >= 15 is 0 Å². The molecular formula is C50H64O3Ta. The van der Waals surface area contributed by atoms with Crippen molar-refractivity contribution >= 4 is 0 Å². The zero-order valence-corrected chi connectivity index (χ0v) is 37.9. The number of phenols is 3. The van der Waals surface area contributed by atoms with Crippen LogP contribution in [0.5, 0.6) is 17.2 Å². The second-order valence-electron chi connectivity index (χ2n) is 15.3. The maximum absolute atomic E-state index is 9.93. The molecule has 0 saturated heterocycles. The third-order valence-electron chi connectivity index (χ3n) is 8.93. The van der Waals surface area contributed by atoms with Gasteiger partial charge in [0.05, 0.1) is 0 Å². The molecule has 4 heteroatoms. The summed E-state index contributed by atoms with van der Waals surface area (Å²) in [7, 11) is 0. The Balaban J connectivity index is 0.000000358. The van der Waals surface area contributed by atoms with Gasteiger partial charge in [0.2, 0.25) is 0 Å². The number of para-hydroxylation sites is 3. The first-order chi connectivity index (χ1) is 25.1. The van der Waals surface area contributed by atoms with Crippen LogP contribution >= 0.6 is 0 Å². The van der Waals surface area contributed by atoms with Gasteiger partial charge in [0.1, 0.15) is 17.2 Å². The van der Waals surface area contributed by atoms with Crippen molar-refractivity contribution in [3.8, 4) is 29.1 Å². The van der Waals surface area contributed by atoms with Crippen LogP contribution in [-0.2, 0) is 22.4 Å². The van der Waals surface area contributed by atoms with Crippen molar-refractivity contribution < 1.29 is 37.7 Å². The minimum atomic E-state index is 0. The molecular weight excluding hydrogens is 829 g/mol. The Kier molecular flexibility index (Phi) is 21.5. The molecule has 0 bridgehead atoms. The van der Waals surface area contributed by atoms with Gasteiger partial charge in [-0.25, -0.2) is 0 Å². The molecule has 5 rings (SSSR count). The number of hydrogen-bond donors (Lipinski definition) is 3. The molecule has 0 aliphatic rings. The Bertz CT molecular complexity index is 1590. The van der Waals surface area contributed by atoms with Gasteiger partial charge < -0.3 is 15.3 Å². The summed E-state index contributed by atoms with van der Waals surface area (Å²) < 4.78 is 0. The second kappa shape index (κ2) is 24.3. The summed E-state index contributed by atoms with van der Waals surface area (Å²) >= 11 is 0. The van der Waals surface area contributed by atoms with Gasteiger partial charge in [0, 0.05) is 33.5 Å². The van der Waals surface area contributed by atoms with E-state index in [9.17, 15) is 15.3 Å². The molecule has 0 aliphatic carbocycles. The fraction of sp³-hybridized carbons (Fsp3) is 0.360. The molecule has 0 heterocycles. The Morgan fingerprint density at radius 3 is 0.648 bits per heavy atom. The van der Waals surface area contributed by atoms with Crippen LogP contribution in [0.3, 0.4) is 0 Å². The van der Waals surface area contributed by atoms with E-state index in [4.69, 9.17) is 0 Å². The van der Waals surface area contributed by atoms with E-state index < -0.39 is 0 Å². The molecule has 54 heavy (non-hydrogen) atoms. The van der Waals surface area contributed by atoms with Gasteiger partial charge >= 0.3 is 0 Å². The SMILES string of the molecule is C(#Cc1ccccc1)c1ccccc1.CC(C)c1cccc(C(C)C)c1O.CC(C)c1cccc(C(C)C)c1O.CC(C)c1cccc(C(C)C)c1O.[Ta]. The quantitative estimate of drug-likeness (QED) is 0.149. The molecule has 287 valence electrons. The van der Waals surface area contributed by atoms with Gasteiger partial charge in [-0.3, -0.25) is 0 Å². The maximum atomic E-state index is 9.93. The van der Waals surface area contributed by atoms with Crippen LogP contribution in [0.15, 0.2) is 115 Å². The van der Waals surface area contributed by atoms with E-state index in [-0.39, 0.29) is 22.4 Å². The Morgan fingerprint density at radius 2 is 0.481 bits per heavy atom. The largest absolute Gasteiger partial charge is 0.507 e. The molecule has 0 aromatic heterocycles.